The van der Waals surface area contributed by atoms with Crippen LogP contribution in [0.25, 0.3) is 21.8 Å². The van der Waals surface area contributed by atoms with Gasteiger partial charge in [0.15, 0.2) is 10.0 Å². The zero-order valence-electron chi connectivity index (χ0n) is 39.2. The summed E-state index contributed by atoms with van der Waals surface area (Å²) in [6, 6.07) is 18.9. The Morgan fingerprint density at radius 2 is 1.10 bits per heavy atom. The topological polar surface area (TPSA) is 312 Å². The number of ether oxygens (including phenoxy) is 2. The van der Waals surface area contributed by atoms with Crippen molar-refractivity contribution in [2.45, 2.75) is 32.6 Å². The molecule has 376 valence electrons. The highest BCUT2D eigenvalue weighted by Gasteiger charge is 2.22. The second-order valence-electron chi connectivity index (χ2n) is 14.6. The minimum atomic E-state index is -4.50. The SMILES string of the molecule is CCN(CC)c1cc(Nc2nc(Nc3cc(N(CC)CC)c(OC)cc3N=Nc3snc4ccc(S(=O)(=O)O)cc34)nc(N(CCO)CCO)n2)c(N=Nc2snc3ccccc23)cc1OC.O=S(=O)=O. The van der Waals surface area contributed by atoms with Gasteiger partial charge in [0.05, 0.1) is 66.1 Å². The minimum absolute atomic E-state index is 0.0540. The fraction of sp³-hybridized carbons (Fsp3) is 0.326. The van der Waals surface area contributed by atoms with Crippen LogP contribution in [0.3, 0.4) is 0 Å². The van der Waals surface area contributed by atoms with Crippen LogP contribution < -0.4 is 34.8 Å². The number of fused-ring (bicyclic) bond motifs is 2. The molecule has 0 radical (unpaired) electrons. The third-order valence-electron chi connectivity index (χ3n) is 10.5. The van der Waals surface area contributed by atoms with Crippen LogP contribution >= 0.6 is 23.1 Å². The normalized spacial score (nSPS) is 11.5. The number of azo groups is 2. The molecule has 0 unspecified atom stereocenters. The largest absolute Gasteiger partial charge is 0.494 e. The van der Waals surface area contributed by atoms with E-state index in [1.807, 2.05) is 64.1 Å². The molecular formula is C43H50N14O10S4. The van der Waals surface area contributed by atoms with Gasteiger partial charge in [-0.1, -0.05) is 12.1 Å². The summed E-state index contributed by atoms with van der Waals surface area (Å²) in [5.74, 6) is 1.33. The molecule has 0 aliphatic heterocycles. The molecule has 3 aromatic heterocycles. The van der Waals surface area contributed by atoms with Crippen molar-refractivity contribution in [2.24, 2.45) is 20.5 Å². The number of nitrogens with one attached hydrogen (secondary N) is 2. The number of aliphatic hydroxyl groups excluding tert-OH is 2. The van der Waals surface area contributed by atoms with Gasteiger partial charge in [0.1, 0.15) is 22.9 Å². The summed E-state index contributed by atoms with van der Waals surface area (Å²) in [5.41, 5.74) is 4.37. The van der Waals surface area contributed by atoms with E-state index in [-0.39, 0.29) is 59.7 Å². The Balaban J connectivity index is 0.00000199. The van der Waals surface area contributed by atoms with Crippen molar-refractivity contribution < 1.29 is 45.3 Å². The van der Waals surface area contributed by atoms with E-state index in [0.717, 1.165) is 33.8 Å². The van der Waals surface area contributed by atoms with E-state index in [2.05, 4.69) is 44.5 Å². The smallest absolute Gasteiger partial charge is 0.425 e. The maximum atomic E-state index is 12.0. The molecule has 71 heavy (non-hydrogen) atoms. The van der Waals surface area contributed by atoms with Crippen LogP contribution in [0.5, 0.6) is 11.5 Å². The summed E-state index contributed by atoms with van der Waals surface area (Å²) in [6.07, 6.45) is 0. The predicted octanol–water partition coefficient (Wildman–Crippen LogP) is 8.15. The van der Waals surface area contributed by atoms with Crippen molar-refractivity contribution in [3.05, 3.63) is 66.7 Å². The molecule has 3 heterocycles. The molecule has 0 spiro atoms. The maximum absolute atomic E-state index is 12.0. The Kier molecular flexibility index (Phi) is 18.5. The lowest BCUT2D eigenvalue weighted by Gasteiger charge is -2.25. The van der Waals surface area contributed by atoms with Gasteiger partial charge in [-0.2, -0.15) is 32.1 Å². The van der Waals surface area contributed by atoms with Crippen LogP contribution in [0, 0.1) is 0 Å². The van der Waals surface area contributed by atoms with E-state index in [9.17, 15) is 23.2 Å². The third-order valence-corrected chi connectivity index (χ3v) is 12.9. The molecular weight excluding hydrogens is 1000 g/mol. The van der Waals surface area contributed by atoms with Crippen molar-refractivity contribution in [3.8, 4) is 11.5 Å². The van der Waals surface area contributed by atoms with Gasteiger partial charge in [-0.15, -0.1) is 33.1 Å². The molecule has 0 amide bonds. The summed E-state index contributed by atoms with van der Waals surface area (Å²) in [4.78, 5) is 19.9. The number of nitrogens with zero attached hydrogens (tertiary/aromatic N) is 12. The number of hydrogen-bond donors (Lipinski definition) is 5. The van der Waals surface area contributed by atoms with E-state index in [4.69, 9.17) is 42.2 Å². The minimum Gasteiger partial charge on any atom is -0.494 e. The van der Waals surface area contributed by atoms with E-state index in [0.29, 0.717) is 70.6 Å². The van der Waals surface area contributed by atoms with Gasteiger partial charge in [-0.25, -0.2) is 0 Å². The quantitative estimate of drug-likeness (QED) is 0.0316. The number of benzene rings is 4. The zero-order chi connectivity index (χ0) is 51.2. The summed E-state index contributed by atoms with van der Waals surface area (Å²) >= 11 is 2.23. The molecule has 7 aromatic rings. The highest BCUT2D eigenvalue weighted by atomic mass is 32.2. The van der Waals surface area contributed by atoms with Gasteiger partial charge in [0.2, 0.25) is 17.8 Å². The van der Waals surface area contributed by atoms with Crippen molar-refractivity contribution in [1.82, 2.24) is 23.7 Å². The van der Waals surface area contributed by atoms with Crippen LogP contribution in [0.2, 0.25) is 0 Å². The molecule has 7 rings (SSSR count). The van der Waals surface area contributed by atoms with Gasteiger partial charge in [0.25, 0.3) is 10.1 Å². The first kappa shape index (κ1) is 53.3. The average molecular weight is 1050 g/mol. The van der Waals surface area contributed by atoms with Gasteiger partial charge < -0.3 is 45.0 Å². The molecule has 0 bridgehead atoms. The van der Waals surface area contributed by atoms with Crippen LogP contribution in [0.15, 0.2) is 92.1 Å². The highest BCUT2D eigenvalue weighted by Crippen LogP contribution is 2.44. The fourth-order valence-electron chi connectivity index (χ4n) is 7.13. The van der Waals surface area contributed by atoms with Crippen molar-refractivity contribution >= 4 is 128 Å². The second-order valence-corrected chi connectivity index (χ2v) is 18.0. The predicted molar refractivity (Wildman–Crippen MR) is 273 cm³/mol. The lowest BCUT2D eigenvalue weighted by Crippen LogP contribution is -2.31. The molecule has 0 aliphatic carbocycles. The van der Waals surface area contributed by atoms with E-state index in [1.165, 1.54) is 29.7 Å². The fourth-order valence-corrected chi connectivity index (χ4v) is 9.01. The summed E-state index contributed by atoms with van der Waals surface area (Å²) in [6.45, 7) is 10.5. The number of aliphatic hydroxyl groups is 2. The molecule has 0 saturated heterocycles. The number of aromatic nitrogens is 5. The van der Waals surface area contributed by atoms with E-state index >= 15 is 0 Å². The Hall–Kier alpha value is -7.08. The second kappa shape index (κ2) is 24.7. The summed E-state index contributed by atoms with van der Waals surface area (Å²) in [5, 5.41) is 47.4. The molecule has 0 saturated carbocycles. The van der Waals surface area contributed by atoms with Crippen molar-refractivity contribution in [1.29, 1.82) is 0 Å². The molecule has 28 heteroatoms. The first-order valence-corrected chi connectivity index (χ1v) is 25.7. The summed E-state index contributed by atoms with van der Waals surface area (Å²) < 4.78 is 79.7. The Morgan fingerprint density at radius 1 is 0.634 bits per heavy atom. The van der Waals surface area contributed by atoms with Crippen LogP contribution in [-0.4, -0.2) is 126 Å². The zero-order valence-corrected chi connectivity index (χ0v) is 42.5. The standard InChI is InChI=1S/C43H50N14O7S3.O3S/c1-7-55(8-2)35-22-31(33(24-37(35)63-5)49-51-39-27-13-11-12-14-29(27)53-65-39)44-41-46-42(48-43(47-41)57(17-19-58)18-20-59)45-32-23-36(56(9-3)10-4)38(64-6)25-34(32)50-52-40-28-21-26(67(60,61)62)15-16-30(28)54-66-40;1-4(2)3/h11-16,21-25,58-59H,7-10,17-20H2,1-6H3,(H,60,61,62)(H2,44,45,46,47,48);. The van der Waals surface area contributed by atoms with Gasteiger partial charge >= 0.3 is 10.6 Å². The van der Waals surface area contributed by atoms with Crippen molar-refractivity contribution in [3.63, 3.8) is 0 Å². The molecule has 5 N–H and O–H groups in total. The van der Waals surface area contributed by atoms with Crippen LogP contribution in [-0.2, 0) is 20.7 Å². The number of rotatable bonds is 22. The van der Waals surface area contributed by atoms with Gasteiger partial charge in [-0.05, 0) is 93.2 Å². The Morgan fingerprint density at radius 3 is 1.55 bits per heavy atom. The summed E-state index contributed by atoms with van der Waals surface area (Å²) in [7, 11) is -4.47. The molecule has 24 nitrogen and oxygen atoms in total. The van der Waals surface area contributed by atoms with Gasteiger partial charge in [0, 0.05) is 62.2 Å². The third kappa shape index (κ3) is 13.2. The maximum Gasteiger partial charge on any atom is 0.425 e. The molecule has 0 atom stereocenters. The van der Waals surface area contributed by atoms with Crippen molar-refractivity contribution in [2.75, 3.05) is 92.0 Å². The van der Waals surface area contributed by atoms with E-state index in [1.54, 1.807) is 31.3 Å². The van der Waals surface area contributed by atoms with Crippen LogP contribution in [0.1, 0.15) is 27.7 Å². The average Bonchev–Trinajstić information content (AvgIpc) is 3.97. The first-order valence-electron chi connectivity index (χ1n) is 21.7. The van der Waals surface area contributed by atoms with E-state index < -0.39 is 20.7 Å². The number of anilines is 7. The lowest BCUT2D eigenvalue weighted by atomic mass is 10.2. The molecule has 0 aliphatic rings. The first-order chi connectivity index (χ1) is 34.2. The highest BCUT2D eigenvalue weighted by molar-refractivity contribution is 7.85. The molecule has 4 aromatic carbocycles. The van der Waals surface area contributed by atoms with Crippen LogP contribution in [0.4, 0.5) is 62.0 Å². The Labute approximate surface area is 417 Å². The Bertz CT molecular complexity index is 3250. The molecule has 0 fully saturated rings. The monoisotopic (exact) mass is 1050 g/mol. The van der Waals surface area contributed by atoms with Gasteiger partial charge in [-0.3, -0.25) is 4.55 Å². The lowest BCUT2D eigenvalue weighted by molar-refractivity contribution is 0.280. The number of hydrogen-bond acceptors (Lipinski definition) is 25. The number of methoxy groups -OCH3 is 2.